The van der Waals surface area contributed by atoms with Gasteiger partial charge in [0.15, 0.2) is 5.58 Å². The molecule has 2 rings (SSSR count). The van der Waals surface area contributed by atoms with E-state index in [2.05, 4.69) is 32.0 Å². The van der Waals surface area contributed by atoms with Gasteiger partial charge in [-0.1, -0.05) is 32.0 Å². The van der Waals surface area contributed by atoms with E-state index in [0.29, 0.717) is 6.54 Å². The molecule has 2 aromatic rings. The molecule has 0 bridgehead atoms. The molecular formula is C13H18N2O. The van der Waals surface area contributed by atoms with Gasteiger partial charge in [0.1, 0.15) is 0 Å². The molecule has 0 fully saturated rings. The first kappa shape index (κ1) is 11.1. The summed E-state index contributed by atoms with van der Waals surface area (Å²) >= 11 is 0. The average molecular weight is 218 g/mol. The topological polar surface area (TPSA) is 52.0 Å². The Hall–Kier alpha value is -1.35. The van der Waals surface area contributed by atoms with Crippen LogP contribution in [0.25, 0.3) is 11.0 Å². The van der Waals surface area contributed by atoms with E-state index in [1.807, 2.05) is 12.1 Å². The van der Waals surface area contributed by atoms with E-state index in [9.17, 15) is 0 Å². The highest BCUT2D eigenvalue weighted by molar-refractivity contribution is 5.81. The number of hydrogen-bond acceptors (Lipinski definition) is 3. The monoisotopic (exact) mass is 218 g/mol. The minimum absolute atomic E-state index is 0.00654. The third kappa shape index (κ3) is 1.95. The maximum absolute atomic E-state index is 5.56. The number of fused-ring (bicyclic) bond motifs is 1. The highest BCUT2D eigenvalue weighted by Crippen LogP contribution is 2.29. The zero-order valence-electron chi connectivity index (χ0n) is 10.1. The molecule has 0 saturated heterocycles. The molecule has 0 radical (unpaired) electrons. The molecule has 16 heavy (non-hydrogen) atoms. The van der Waals surface area contributed by atoms with E-state index in [0.717, 1.165) is 23.1 Å². The summed E-state index contributed by atoms with van der Waals surface area (Å²) in [7, 11) is 0. The fourth-order valence-electron chi connectivity index (χ4n) is 1.85. The summed E-state index contributed by atoms with van der Waals surface area (Å²) < 4.78 is 5.33. The maximum atomic E-state index is 5.56. The Kier molecular flexibility index (Phi) is 2.72. The minimum Gasteiger partial charge on any atom is -0.356 e. The number of nitrogens with two attached hydrogens (primary N) is 1. The lowest BCUT2D eigenvalue weighted by atomic mass is 9.89. The Bertz CT molecular complexity index is 494. The third-order valence-corrected chi connectivity index (χ3v) is 2.68. The normalized spacial score (nSPS) is 12.2. The molecule has 1 aromatic heterocycles. The van der Waals surface area contributed by atoms with E-state index in [-0.39, 0.29) is 5.41 Å². The third-order valence-electron chi connectivity index (χ3n) is 2.68. The van der Waals surface area contributed by atoms with Crippen molar-refractivity contribution in [2.75, 3.05) is 6.54 Å². The fraction of sp³-hybridized carbons (Fsp3) is 0.462. The lowest BCUT2D eigenvalue weighted by Crippen LogP contribution is -2.11. The molecule has 86 valence electrons. The SMILES string of the molecule is CC(C)(C)c1noc2ccc(CCN)cc12. The van der Waals surface area contributed by atoms with Crippen LogP contribution in [0.2, 0.25) is 0 Å². The Morgan fingerprint density at radius 1 is 1.31 bits per heavy atom. The molecule has 3 nitrogen and oxygen atoms in total. The largest absolute Gasteiger partial charge is 0.356 e. The zero-order valence-corrected chi connectivity index (χ0v) is 10.1. The van der Waals surface area contributed by atoms with Crippen molar-refractivity contribution in [1.29, 1.82) is 0 Å². The van der Waals surface area contributed by atoms with Gasteiger partial charge < -0.3 is 10.3 Å². The summed E-state index contributed by atoms with van der Waals surface area (Å²) in [5.74, 6) is 0. The number of nitrogens with zero attached hydrogens (tertiary/aromatic N) is 1. The summed E-state index contributed by atoms with van der Waals surface area (Å²) in [6, 6.07) is 6.16. The second-order valence-corrected chi connectivity index (χ2v) is 5.15. The highest BCUT2D eigenvalue weighted by Gasteiger charge is 2.21. The van der Waals surface area contributed by atoms with Crippen LogP contribution in [0.3, 0.4) is 0 Å². The number of aromatic nitrogens is 1. The van der Waals surface area contributed by atoms with Crippen LogP contribution in [0.15, 0.2) is 22.7 Å². The lowest BCUT2D eigenvalue weighted by Gasteiger charge is -2.14. The van der Waals surface area contributed by atoms with Crippen molar-refractivity contribution in [3.63, 3.8) is 0 Å². The van der Waals surface area contributed by atoms with Gasteiger partial charge in [-0.05, 0) is 30.7 Å². The Labute approximate surface area is 95.6 Å². The Balaban J connectivity index is 2.56. The van der Waals surface area contributed by atoms with Gasteiger partial charge >= 0.3 is 0 Å². The second-order valence-electron chi connectivity index (χ2n) is 5.15. The van der Waals surface area contributed by atoms with E-state index < -0.39 is 0 Å². The molecule has 0 atom stereocenters. The van der Waals surface area contributed by atoms with Crippen LogP contribution in [0.5, 0.6) is 0 Å². The van der Waals surface area contributed by atoms with Crippen molar-refractivity contribution < 1.29 is 4.52 Å². The molecule has 1 heterocycles. The van der Waals surface area contributed by atoms with Crippen LogP contribution in [-0.4, -0.2) is 11.7 Å². The predicted octanol–water partition coefficient (Wildman–Crippen LogP) is 2.63. The molecule has 0 amide bonds. The summed E-state index contributed by atoms with van der Waals surface area (Å²) in [6.45, 7) is 7.08. The predicted molar refractivity (Wildman–Crippen MR) is 65.5 cm³/mol. The molecule has 0 aliphatic heterocycles. The van der Waals surface area contributed by atoms with Crippen molar-refractivity contribution in [3.8, 4) is 0 Å². The average Bonchev–Trinajstić information content (AvgIpc) is 2.60. The molecule has 0 unspecified atom stereocenters. The van der Waals surface area contributed by atoms with E-state index >= 15 is 0 Å². The summed E-state index contributed by atoms with van der Waals surface area (Å²) in [5, 5.41) is 5.27. The lowest BCUT2D eigenvalue weighted by molar-refractivity contribution is 0.419. The number of benzene rings is 1. The van der Waals surface area contributed by atoms with Gasteiger partial charge in [-0.3, -0.25) is 0 Å². The molecule has 1 aromatic carbocycles. The van der Waals surface area contributed by atoms with Crippen LogP contribution < -0.4 is 5.73 Å². The maximum Gasteiger partial charge on any atom is 0.167 e. The molecular weight excluding hydrogens is 200 g/mol. The van der Waals surface area contributed by atoms with Crippen molar-refractivity contribution in [3.05, 3.63) is 29.5 Å². The van der Waals surface area contributed by atoms with Crippen molar-refractivity contribution >= 4 is 11.0 Å². The summed E-state index contributed by atoms with van der Waals surface area (Å²) in [4.78, 5) is 0. The first-order chi connectivity index (χ1) is 7.52. The molecule has 0 saturated carbocycles. The standard InChI is InChI=1S/C13H18N2O/c1-13(2,3)12-10-8-9(6-7-14)4-5-11(10)16-15-12/h4-5,8H,6-7,14H2,1-3H3. The van der Waals surface area contributed by atoms with Gasteiger partial charge in [0.2, 0.25) is 0 Å². The van der Waals surface area contributed by atoms with Crippen LogP contribution >= 0.6 is 0 Å². The van der Waals surface area contributed by atoms with E-state index in [4.69, 9.17) is 10.3 Å². The molecule has 0 aliphatic carbocycles. The van der Waals surface area contributed by atoms with Gasteiger partial charge in [-0.2, -0.15) is 0 Å². The van der Waals surface area contributed by atoms with Crippen LogP contribution in [0.4, 0.5) is 0 Å². The van der Waals surface area contributed by atoms with Crippen LogP contribution in [-0.2, 0) is 11.8 Å². The summed E-state index contributed by atoms with van der Waals surface area (Å²) in [6.07, 6.45) is 0.894. The van der Waals surface area contributed by atoms with Gasteiger partial charge in [0.25, 0.3) is 0 Å². The smallest absolute Gasteiger partial charge is 0.167 e. The van der Waals surface area contributed by atoms with Gasteiger partial charge in [0.05, 0.1) is 5.69 Å². The molecule has 0 aliphatic rings. The zero-order chi connectivity index (χ0) is 11.8. The number of rotatable bonds is 2. The van der Waals surface area contributed by atoms with Gasteiger partial charge in [-0.25, -0.2) is 0 Å². The van der Waals surface area contributed by atoms with Crippen LogP contribution in [0, 0.1) is 0 Å². The quantitative estimate of drug-likeness (QED) is 0.843. The fourth-order valence-corrected chi connectivity index (χ4v) is 1.85. The van der Waals surface area contributed by atoms with Crippen molar-refractivity contribution in [2.45, 2.75) is 32.6 Å². The Morgan fingerprint density at radius 2 is 2.06 bits per heavy atom. The van der Waals surface area contributed by atoms with Crippen LogP contribution in [0.1, 0.15) is 32.0 Å². The van der Waals surface area contributed by atoms with Gasteiger partial charge in [0, 0.05) is 10.8 Å². The van der Waals surface area contributed by atoms with E-state index in [1.54, 1.807) is 0 Å². The molecule has 0 spiro atoms. The number of hydrogen-bond donors (Lipinski definition) is 1. The minimum atomic E-state index is 0.00654. The highest BCUT2D eigenvalue weighted by atomic mass is 16.5. The first-order valence-electron chi connectivity index (χ1n) is 5.61. The molecule has 2 N–H and O–H groups in total. The van der Waals surface area contributed by atoms with E-state index in [1.165, 1.54) is 5.56 Å². The first-order valence-corrected chi connectivity index (χ1v) is 5.61. The Morgan fingerprint density at radius 3 is 2.69 bits per heavy atom. The second kappa shape index (κ2) is 3.91. The van der Waals surface area contributed by atoms with Crippen molar-refractivity contribution in [2.24, 2.45) is 5.73 Å². The van der Waals surface area contributed by atoms with Gasteiger partial charge in [-0.15, -0.1) is 0 Å². The summed E-state index contributed by atoms with van der Waals surface area (Å²) in [5.41, 5.74) is 8.68. The molecule has 3 heteroatoms. The van der Waals surface area contributed by atoms with Crippen molar-refractivity contribution in [1.82, 2.24) is 5.16 Å².